The van der Waals surface area contributed by atoms with Crippen molar-refractivity contribution < 1.29 is 5.11 Å². The second-order valence-electron chi connectivity index (χ2n) is 3.85. The van der Waals surface area contributed by atoms with Crippen LogP contribution >= 0.6 is 0 Å². The zero-order valence-corrected chi connectivity index (χ0v) is 9.70. The van der Waals surface area contributed by atoms with E-state index < -0.39 is 0 Å². The number of para-hydroxylation sites is 1. The van der Waals surface area contributed by atoms with Crippen LogP contribution in [0, 0.1) is 0 Å². The molecule has 0 aliphatic rings. The van der Waals surface area contributed by atoms with Crippen molar-refractivity contribution in [1.29, 1.82) is 0 Å². The van der Waals surface area contributed by atoms with E-state index in [4.69, 9.17) is 5.11 Å². The van der Waals surface area contributed by atoms with E-state index in [0.717, 1.165) is 0 Å². The van der Waals surface area contributed by atoms with Gasteiger partial charge in [0.05, 0.1) is 6.61 Å². The molecule has 2 N–H and O–H groups in total. The highest BCUT2D eigenvalue weighted by Crippen LogP contribution is 2.24. The number of benzene rings is 1. The van der Waals surface area contributed by atoms with E-state index in [9.17, 15) is 0 Å². The van der Waals surface area contributed by atoms with Gasteiger partial charge in [-0.3, -0.25) is 0 Å². The van der Waals surface area contributed by atoms with Crippen LogP contribution in [0.25, 0.3) is 0 Å². The fraction of sp³-hybridized carbons (Fsp3) is 0.500. The molecule has 0 fully saturated rings. The monoisotopic (exact) mass is 208 g/mol. The highest BCUT2D eigenvalue weighted by atomic mass is 16.3. The number of anilines is 1. The van der Waals surface area contributed by atoms with Gasteiger partial charge in [0.25, 0.3) is 0 Å². The number of nitrogens with zero attached hydrogens (tertiary/aromatic N) is 1. The van der Waals surface area contributed by atoms with Gasteiger partial charge in [-0.25, -0.2) is 0 Å². The number of nitrogens with one attached hydrogen (secondary N) is 1. The molecule has 1 atom stereocenters. The third kappa shape index (κ3) is 3.22. The minimum absolute atomic E-state index is 0.175. The molecule has 0 heterocycles. The smallest absolute Gasteiger partial charge is 0.0556 e. The van der Waals surface area contributed by atoms with Crippen molar-refractivity contribution in [3.05, 3.63) is 29.8 Å². The quantitative estimate of drug-likeness (QED) is 0.767. The van der Waals surface area contributed by atoms with Crippen molar-refractivity contribution in [3.63, 3.8) is 0 Å². The number of aliphatic hydroxyl groups excluding tert-OH is 1. The Morgan fingerprint density at radius 3 is 2.60 bits per heavy atom. The Bertz CT molecular complexity index is 299. The van der Waals surface area contributed by atoms with Gasteiger partial charge in [-0.2, -0.15) is 0 Å². The summed E-state index contributed by atoms with van der Waals surface area (Å²) in [5.74, 6) is 0. The zero-order chi connectivity index (χ0) is 11.3. The molecule has 0 saturated carbocycles. The predicted octanol–water partition coefficient (Wildman–Crippen LogP) is 1.40. The maximum atomic E-state index is 8.77. The molecule has 3 heteroatoms. The minimum atomic E-state index is 0.175. The largest absolute Gasteiger partial charge is 0.395 e. The lowest BCUT2D eigenvalue weighted by molar-refractivity contribution is 0.286. The molecule has 0 aliphatic heterocycles. The summed E-state index contributed by atoms with van der Waals surface area (Å²) >= 11 is 0. The maximum Gasteiger partial charge on any atom is 0.0556 e. The third-order valence-electron chi connectivity index (χ3n) is 2.45. The van der Waals surface area contributed by atoms with Crippen LogP contribution < -0.4 is 10.2 Å². The molecular weight excluding hydrogens is 188 g/mol. The first-order valence-electron chi connectivity index (χ1n) is 5.27. The molecule has 0 radical (unpaired) electrons. The Kier molecular flexibility index (Phi) is 4.59. The maximum absolute atomic E-state index is 8.77. The van der Waals surface area contributed by atoms with Gasteiger partial charge in [0.15, 0.2) is 0 Å². The van der Waals surface area contributed by atoms with Crippen LogP contribution in [0.15, 0.2) is 24.3 Å². The predicted molar refractivity (Wildman–Crippen MR) is 64.3 cm³/mol. The van der Waals surface area contributed by atoms with E-state index in [1.807, 2.05) is 26.2 Å². The Morgan fingerprint density at radius 1 is 1.33 bits per heavy atom. The second kappa shape index (κ2) is 5.73. The first kappa shape index (κ1) is 12.0. The number of rotatable bonds is 5. The van der Waals surface area contributed by atoms with Crippen molar-refractivity contribution in [2.45, 2.75) is 13.0 Å². The topological polar surface area (TPSA) is 35.5 Å². The fourth-order valence-electron chi connectivity index (χ4n) is 1.65. The van der Waals surface area contributed by atoms with E-state index in [1.165, 1.54) is 11.3 Å². The number of aliphatic hydroxyl groups is 1. The van der Waals surface area contributed by atoms with Crippen LogP contribution in [0.4, 0.5) is 5.69 Å². The van der Waals surface area contributed by atoms with Gasteiger partial charge in [0, 0.05) is 32.4 Å². The SMILES string of the molecule is CC(NCCO)c1ccccc1N(C)C. The molecule has 15 heavy (non-hydrogen) atoms. The van der Waals surface area contributed by atoms with Gasteiger partial charge in [0.2, 0.25) is 0 Å². The average Bonchev–Trinajstić information content (AvgIpc) is 2.25. The molecule has 1 unspecified atom stereocenters. The molecule has 1 aromatic carbocycles. The minimum Gasteiger partial charge on any atom is -0.395 e. The van der Waals surface area contributed by atoms with Gasteiger partial charge < -0.3 is 15.3 Å². The lowest BCUT2D eigenvalue weighted by atomic mass is 10.1. The van der Waals surface area contributed by atoms with Crippen molar-refractivity contribution >= 4 is 5.69 Å². The molecule has 0 aliphatic carbocycles. The molecule has 0 aromatic heterocycles. The molecular formula is C12H20N2O. The summed E-state index contributed by atoms with van der Waals surface area (Å²) in [6.07, 6.45) is 0. The van der Waals surface area contributed by atoms with Crippen LogP contribution in [-0.4, -0.2) is 32.4 Å². The summed E-state index contributed by atoms with van der Waals surface area (Å²) in [5, 5.41) is 12.0. The van der Waals surface area contributed by atoms with Gasteiger partial charge in [-0.05, 0) is 18.6 Å². The van der Waals surface area contributed by atoms with Crippen molar-refractivity contribution in [1.82, 2.24) is 5.32 Å². The summed E-state index contributed by atoms with van der Waals surface area (Å²) in [6, 6.07) is 8.56. The van der Waals surface area contributed by atoms with E-state index >= 15 is 0 Å². The first-order valence-corrected chi connectivity index (χ1v) is 5.27. The Morgan fingerprint density at radius 2 is 2.00 bits per heavy atom. The van der Waals surface area contributed by atoms with Gasteiger partial charge in [-0.15, -0.1) is 0 Å². The lowest BCUT2D eigenvalue weighted by Crippen LogP contribution is -2.24. The average molecular weight is 208 g/mol. The highest BCUT2D eigenvalue weighted by molar-refractivity contribution is 5.53. The van der Waals surface area contributed by atoms with Crippen LogP contribution in [0.3, 0.4) is 0 Å². The Hall–Kier alpha value is -1.06. The third-order valence-corrected chi connectivity index (χ3v) is 2.45. The van der Waals surface area contributed by atoms with Crippen LogP contribution in [0.1, 0.15) is 18.5 Å². The van der Waals surface area contributed by atoms with Crippen LogP contribution in [0.2, 0.25) is 0 Å². The van der Waals surface area contributed by atoms with Gasteiger partial charge >= 0.3 is 0 Å². The van der Waals surface area contributed by atoms with Crippen LogP contribution in [0.5, 0.6) is 0 Å². The Balaban J connectivity index is 2.82. The zero-order valence-electron chi connectivity index (χ0n) is 9.70. The van der Waals surface area contributed by atoms with E-state index in [2.05, 4.69) is 29.3 Å². The highest BCUT2D eigenvalue weighted by Gasteiger charge is 2.09. The molecule has 0 spiro atoms. The fourth-order valence-corrected chi connectivity index (χ4v) is 1.65. The second-order valence-corrected chi connectivity index (χ2v) is 3.85. The molecule has 1 rings (SSSR count). The van der Waals surface area contributed by atoms with E-state index in [0.29, 0.717) is 6.54 Å². The standard InChI is InChI=1S/C12H20N2O/c1-10(13-8-9-15)11-6-4-5-7-12(11)14(2)3/h4-7,10,13,15H,8-9H2,1-3H3. The van der Waals surface area contributed by atoms with E-state index in [1.54, 1.807) is 0 Å². The molecule has 84 valence electrons. The Labute approximate surface area is 91.7 Å². The summed E-state index contributed by atoms with van der Waals surface area (Å²) in [6.45, 7) is 2.91. The number of hydrogen-bond acceptors (Lipinski definition) is 3. The van der Waals surface area contributed by atoms with Crippen LogP contribution in [-0.2, 0) is 0 Å². The molecule has 0 amide bonds. The van der Waals surface area contributed by atoms with Gasteiger partial charge in [0.1, 0.15) is 0 Å². The normalized spacial score (nSPS) is 12.5. The van der Waals surface area contributed by atoms with Crippen molar-refractivity contribution in [2.75, 3.05) is 32.1 Å². The summed E-state index contributed by atoms with van der Waals surface area (Å²) in [7, 11) is 4.08. The first-order chi connectivity index (χ1) is 7.16. The lowest BCUT2D eigenvalue weighted by Gasteiger charge is -2.22. The molecule has 0 saturated heterocycles. The van der Waals surface area contributed by atoms with Crippen molar-refractivity contribution in [2.24, 2.45) is 0 Å². The van der Waals surface area contributed by atoms with E-state index in [-0.39, 0.29) is 12.6 Å². The molecule has 3 nitrogen and oxygen atoms in total. The number of hydrogen-bond donors (Lipinski definition) is 2. The molecule has 0 bridgehead atoms. The molecule has 1 aromatic rings. The summed E-state index contributed by atoms with van der Waals surface area (Å²) in [5.41, 5.74) is 2.48. The van der Waals surface area contributed by atoms with Gasteiger partial charge in [-0.1, -0.05) is 18.2 Å². The summed E-state index contributed by atoms with van der Waals surface area (Å²) in [4.78, 5) is 2.10. The van der Waals surface area contributed by atoms with Crippen molar-refractivity contribution in [3.8, 4) is 0 Å². The summed E-state index contributed by atoms with van der Waals surface area (Å²) < 4.78 is 0.